The number of ether oxygens (including phenoxy) is 3. The second-order valence-electron chi connectivity index (χ2n) is 6.75. The maximum Gasteiger partial charge on any atom is 0.259 e. The van der Waals surface area contributed by atoms with E-state index < -0.39 is 0 Å². The first-order valence-electron chi connectivity index (χ1n) is 9.32. The number of hydrogen-bond donors (Lipinski definition) is 1. The predicted octanol–water partition coefficient (Wildman–Crippen LogP) is 1.36. The largest absolute Gasteiger partial charge is 0.491 e. The van der Waals surface area contributed by atoms with Crippen LogP contribution < -0.4 is 14.8 Å². The van der Waals surface area contributed by atoms with E-state index in [2.05, 4.69) is 15.3 Å². The van der Waals surface area contributed by atoms with Crippen LogP contribution in [0.5, 0.6) is 11.5 Å². The Balaban J connectivity index is 1.51. The number of hydrogen-bond acceptors (Lipinski definition) is 8. The Hall–Kier alpha value is -3.46. The van der Waals surface area contributed by atoms with E-state index in [1.165, 1.54) is 6.20 Å². The summed E-state index contributed by atoms with van der Waals surface area (Å²) in [5.74, 6) is 1.96. The van der Waals surface area contributed by atoms with E-state index in [1.54, 1.807) is 25.4 Å². The minimum Gasteiger partial charge on any atom is -0.491 e. The van der Waals surface area contributed by atoms with Crippen LogP contribution in [0.15, 0.2) is 46.6 Å². The smallest absolute Gasteiger partial charge is 0.259 e. The number of pyridine rings is 1. The maximum absolute atomic E-state index is 12.7. The van der Waals surface area contributed by atoms with Gasteiger partial charge in [0.25, 0.3) is 5.91 Å². The topological polar surface area (TPSA) is 101 Å². The molecule has 1 N–H and O–H groups in total. The highest BCUT2D eigenvalue weighted by Crippen LogP contribution is 2.43. The molecule has 1 aromatic carbocycles. The standard InChI is InChI=1S/C20H19N5O4/c1-27-17-15(29-11-13-10-28-13)5-4-14-16(17)23-20(25-8-7-22-18(14)25)24-19(26)12-3-2-6-21-9-12/h2-6,9,13H,7-8,10-11H2,1H3,(H,23,24,26)/t13-/m1/s1. The minimum atomic E-state index is -0.288. The number of benzene rings is 1. The molecule has 1 atom stereocenters. The molecule has 3 aliphatic heterocycles. The van der Waals surface area contributed by atoms with Crippen molar-refractivity contribution in [2.24, 2.45) is 9.98 Å². The van der Waals surface area contributed by atoms with Crippen molar-refractivity contribution in [3.8, 4) is 11.5 Å². The third-order valence-corrected chi connectivity index (χ3v) is 4.83. The normalized spacial score (nSPS) is 18.9. The van der Waals surface area contributed by atoms with E-state index in [-0.39, 0.29) is 12.0 Å². The number of amides is 1. The van der Waals surface area contributed by atoms with Gasteiger partial charge in [0.05, 0.1) is 25.8 Å². The predicted molar refractivity (Wildman–Crippen MR) is 105 cm³/mol. The van der Waals surface area contributed by atoms with Gasteiger partial charge in [-0.05, 0) is 24.3 Å². The number of aromatic nitrogens is 1. The van der Waals surface area contributed by atoms with Gasteiger partial charge in [0.15, 0.2) is 11.5 Å². The number of aliphatic imine (C=N–C) groups is 2. The first-order chi connectivity index (χ1) is 14.2. The number of carbonyl (C=O) groups is 1. The monoisotopic (exact) mass is 393 g/mol. The molecule has 0 bridgehead atoms. The number of methoxy groups -OCH3 is 1. The molecule has 1 saturated heterocycles. The molecule has 1 amide bonds. The summed E-state index contributed by atoms with van der Waals surface area (Å²) in [5, 5.41) is 2.88. The second kappa shape index (κ2) is 7.17. The van der Waals surface area contributed by atoms with Gasteiger partial charge in [0.2, 0.25) is 5.96 Å². The molecule has 1 aromatic heterocycles. The van der Waals surface area contributed by atoms with Crippen LogP contribution in [-0.4, -0.2) is 67.1 Å². The average Bonchev–Trinajstić information content (AvgIpc) is 3.45. The van der Waals surface area contributed by atoms with Gasteiger partial charge in [0, 0.05) is 24.5 Å². The van der Waals surface area contributed by atoms with Crippen LogP contribution >= 0.6 is 0 Å². The molecule has 4 heterocycles. The molecule has 1 fully saturated rings. The molecule has 2 aromatic rings. The molecule has 9 heteroatoms. The maximum atomic E-state index is 12.7. The van der Waals surface area contributed by atoms with E-state index in [0.717, 1.165) is 11.4 Å². The zero-order chi connectivity index (χ0) is 19.8. The summed E-state index contributed by atoms with van der Waals surface area (Å²) in [7, 11) is 1.57. The van der Waals surface area contributed by atoms with Gasteiger partial charge in [-0.25, -0.2) is 4.99 Å². The summed E-state index contributed by atoms with van der Waals surface area (Å²) in [4.78, 5) is 27.8. The molecule has 0 saturated carbocycles. The number of epoxide rings is 1. The van der Waals surface area contributed by atoms with Gasteiger partial charge in [-0.15, -0.1) is 0 Å². The summed E-state index contributed by atoms with van der Waals surface area (Å²) in [6.07, 6.45) is 3.26. The van der Waals surface area contributed by atoms with E-state index in [9.17, 15) is 4.79 Å². The number of guanidine groups is 1. The summed E-state index contributed by atoms with van der Waals surface area (Å²) in [6, 6.07) is 7.19. The van der Waals surface area contributed by atoms with Gasteiger partial charge in [-0.1, -0.05) is 0 Å². The lowest BCUT2D eigenvalue weighted by Crippen LogP contribution is -2.47. The minimum absolute atomic E-state index is 0.128. The molecule has 0 radical (unpaired) electrons. The van der Waals surface area contributed by atoms with E-state index >= 15 is 0 Å². The van der Waals surface area contributed by atoms with Crippen LogP contribution in [0.2, 0.25) is 0 Å². The first kappa shape index (κ1) is 17.6. The summed E-state index contributed by atoms with van der Waals surface area (Å²) in [6.45, 7) is 2.43. The van der Waals surface area contributed by atoms with Crippen molar-refractivity contribution in [2.45, 2.75) is 6.10 Å². The van der Waals surface area contributed by atoms with E-state index in [1.807, 2.05) is 17.0 Å². The third kappa shape index (κ3) is 3.29. The SMILES string of the molecule is COc1c(OC[C@H]2CO2)ccc2c1N=C(NC(=O)c1cccnc1)N1CCN=C21. The van der Waals surface area contributed by atoms with E-state index in [4.69, 9.17) is 19.2 Å². The molecule has 5 rings (SSSR count). The highest BCUT2D eigenvalue weighted by molar-refractivity contribution is 6.20. The fourth-order valence-electron chi connectivity index (χ4n) is 3.32. The quantitative estimate of drug-likeness (QED) is 0.770. The molecular weight excluding hydrogens is 374 g/mol. The third-order valence-electron chi connectivity index (χ3n) is 4.83. The van der Waals surface area contributed by atoms with Crippen LogP contribution in [0.1, 0.15) is 15.9 Å². The Labute approximate surface area is 167 Å². The zero-order valence-electron chi connectivity index (χ0n) is 15.8. The molecule has 0 spiro atoms. The number of nitrogens with one attached hydrogen (secondary N) is 1. The molecule has 3 aliphatic rings. The van der Waals surface area contributed by atoms with Gasteiger partial charge < -0.3 is 14.2 Å². The van der Waals surface area contributed by atoms with Crippen LogP contribution in [-0.2, 0) is 4.74 Å². The fraction of sp³-hybridized carbons (Fsp3) is 0.300. The Morgan fingerprint density at radius 2 is 2.28 bits per heavy atom. The van der Waals surface area contributed by atoms with Gasteiger partial charge in [0.1, 0.15) is 24.2 Å². The second-order valence-corrected chi connectivity index (χ2v) is 6.75. The van der Waals surface area contributed by atoms with Crippen molar-refractivity contribution in [1.82, 2.24) is 15.2 Å². The van der Waals surface area contributed by atoms with Crippen LogP contribution in [0.3, 0.4) is 0 Å². The van der Waals surface area contributed by atoms with Crippen molar-refractivity contribution in [1.29, 1.82) is 0 Å². The van der Waals surface area contributed by atoms with Crippen LogP contribution in [0.4, 0.5) is 5.69 Å². The van der Waals surface area contributed by atoms with Gasteiger partial charge >= 0.3 is 0 Å². The van der Waals surface area contributed by atoms with E-state index in [0.29, 0.717) is 55.0 Å². The Bertz CT molecular complexity index is 1020. The number of nitrogens with zero attached hydrogens (tertiary/aromatic N) is 4. The van der Waals surface area contributed by atoms with Crippen molar-refractivity contribution in [3.63, 3.8) is 0 Å². The van der Waals surface area contributed by atoms with Crippen LogP contribution in [0.25, 0.3) is 0 Å². The first-order valence-corrected chi connectivity index (χ1v) is 9.32. The summed E-state index contributed by atoms with van der Waals surface area (Å²) in [5.41, 5.74) is 1.88. The summed E-state index contributed by atoms with van der Waals surface area (Å²) >= 11 is 0. The van der Waals surface area contributed by atoms with Gasteiger partial charge in [-0.2, -0.15) is 0 Å². The lowest BCUT2D eigenvalue weighted by Gasteiger charge is -2.28. The molecule has 0 aliphatic carbocycles. The highest BCUT2D eigenvalue weighted by Gasteiger charge is 2.33. The summed E-state index contributed by atoms with van der Waals surface area (Å²) < 4.78 is 16.7. The van der Waals surface area contributed by atoms with Crippen molar-refractivity contribution in [2.75, 3.05) is 33.4 Å². The fourth-order valence-corrected chi connectivity index (χ4v) is 3.32. The highest BCUT2D eigenvalue weighted by atomic mass is 16.6. The van der Waals surface area contributed by atoms with Crippen molar-refractivity contribution < 1.29 is 19.0 Å². The lowest BCUT2D eigenvalue weighted by atomic mass is 10.1. The Kier molecular flexibility index (Phi) is 4.36. The zero-order valence-corrected chi connectivity index (χ0v) is 15.8. The number of carbonyl (C=O) groups excluding carboxylic acids is 1. The van der Waals surface area contributed by atoms with Crippen molar-refractivity contribution in [3.05, 3.63) is 47.8 Å². The Morgan fingerprint density at radius 3 is 3.03 bits per heavy atom. The van der Waals surface area contributed by atoms with Crippen molar-refractivity contribution >= 4 is 23.4 Å². The molecule has 0 unspecified atom stereocenters. The number of amidine groups is 1. The lowest BCUT2D eigenvalue weighted by molar-refractivity contribution is 0.0973. The van der Waals surface area contributed by atoms with Crippen LogP contribution in [0, 0.1) is 0 Å². The van der Waals surface area contributed by atoms with Gasteiger partial charge in [-0.3, -0.25) is 25.0 Å². The Morgan fingerprint density at radius 1 is 1.38 bits per heavy atom. The molecule has 9 nitrogen and oxygen atoms in total. The molecular formula is C20H19N5O4. The number of fused-ring (bicyclic) bond motifs is 3. The average molecular weight is 393 g/mol. The molecule has 29 heavy (non-hydrogen) atoms. The molecule has 148 valence electrons. The number of rotatable bonds is 5.